The van der Waals surface area contributed by atoms with Crippen molar-refractivity contribution in [2.24, 2.45) is 0 Å². The zero-order valence-electron chi connectivity index (χ0n) is 11.0. The number of likely N-dealkylation sites (N-methyl/N-ethyl adjacent to an activating group) is 1. The van der Waals surface area contributed by atoms with Gasteiger partial charge < -0.3 is 20.7 Å². The molecule has 0 radical (unpaired) electrons. The van der Waals surface area contributed by atoms with E-state index in [0.717, 1.165) is 0 Å². The summed E-state index contributed by atoms with van der Waals surface area (Å²) in [7, 11) is 3.06. The summed E-state index contributed by atoms with van der Waals surface area (Å²) in [6.07, 6.45) is 0.685. The van der Waals surface area contributed by atoms with Crippen molar-refractivity contribution in [2.75, 3.05) is 31.8 Å². The summed E-state index contributed by atoms with van der Waals surface area (Å²) >= 11 is 0. The van der Waals surface area contributed by atoms with E-state index in [9.17, 15) is 9.59 Å². The van der Waals surface area contributed by atoms with Crippen molar-refractivity contribution in [1.82, 2.24) is 4.90 Å². The Kier molecular flexibility index (Phi) is 3.59. The van der Waals surface area contributed by atoms with Crippen LogP contribution in [0.1, 0.15) is 16.8 Å². The number of likely N-dealkylation sites (tertiary alicyclic amines) is 1. The molecule has 1 saturated heterocycles. The Hall–Kier alpha value is -2.24. The molecule has 1 aromatic carbocycles. The molecular weight excluding hydrogens is 246 g/mol. The summed E-state index contributed by atoms with van der Waals surface area (Å²) in [6, 6.07) is 4.62. The molecule has 0 aliphatic carbocycles. The molecule has 6 heteroatoms. The number of benzene rings is 1. The van der Waals surface area contributed by atoms with Crippen LogP contribution in [0.2, 0.25) is 0 Å². The van der Waals surface area contributed by atoms with Crippen LogP contribution in [0.5, 0.6) is 0 Å². The number of carbonyl (C=O) groups excluding carboxylic acids is 2. The highest BCUT2D eigenvalue weighted by Crippen LogP contribution is 2.27. The maximum absolute atomic E-state index is 11.9. The van der Waals surface area contributed by atoms with Crippen molar-refractivity contribution in [1.29, 1.82) is 0 Å². The van der Waals surface area contributed by atoms with Crippen LogP contribution in [-0.2, 0) is 9.53 Å². The van der Waals surface area contributed by atoms with Crippen LogP contribution in [0.25, 0.3) is 0 Å². The summed E-state index contributed by atoms with van der Waals surface area (Å²) in [5, 5.41) is 3.06. The average Bonchev–Trinajstić information content (AvgIpc) is 2.72. The SMILES string of the molecule is COC(=O)c1cccc(N)c1NC1CCN(C)C1=O. The normalized spacial score (nSPS) is 18.5. The quantitative estimate of drug-likeness (QED) is 0.619. The summed E-state index contributed by atoms with van der Waals surface area (Å²) in [6.45, 7) is 0.691. The molecule has 6 nitrogen and oxygen atoms in total. The fraction of sp³-hybridized carbons (Fsp3) is 0.385. The van der Waals surface area contributed by atoms with Crippen molar-refractivity contribution in [3.05, 3.63) is 23.8 Å². The standard InChI is InChI=1S/C13H17N3O3/c1-16-7-6-10(12(16)17)15-11-8(13(18)19-2)4-3-5-9(11)14/h3-5,10,15H,6-7,14H2,1-2H3. The number of rotatable bonds is 3. The average molecular weight is 263 g/mol. The van der Waals surface area contributed by atoms with Gasteiger partial charge in [-0.1, -0.05) is 6.07 Å². The largest absolute Gasteiger partial charge is 0.465 e. The predicted octanol–water partition coefficient (Wildman–Crippen LogP) is 0.698. The van der Waals surface area contributed by atoms with Crippen LogP contribution in [0.4, 0.5) is 11.4 Å². The van der Waals surface area contributed by atoms with Gasteiger partial charge >= 0.3 is 5.97 Å². The highest BCUT2D eigenvalue weighted by atomic mass is 16.5. The van der Waals surface area contributed by atoms with Gasteiger partial charge in [0.15, 0.2) is 0 Å². The summed E-state index contributed by atoms with van der Waals surface area (Å²) in [5.74, 6) is -0.479. The first kappa shape index (κ1) is 13.2. The van der Waals surface area contributed by atoms with Gasteiger partial charge in [0.1, 0.15) is 6.04 Å². The predicted molar refractivity (Wildman–Crippen MR) is 71.9 cm³/mol. The van der Waals surface area contributed by atoms with Crippen molar-refractivity contribution >= 4 is 23.3 Å². The third kappa shape index (κ3) is 2.47. The van der Waals surface area contributed by atoms with Gasteiger partial charge in [-0.3, -0.25) is 4.79 Å². The van der Waals surface area contributed by atoms with Crippen molar-refractivity contribution < 1.29 is 14.3 Å². The third-order valence-corrected chi connectivity index (χ3v) is 3.25. The second-order valence-electron chi connectivity index (χ2n) is 4.51. The lowest BCUT2D eigenvalue weighted by molar-refractivity contribution is -0.127. The monoisotopic (exact) mass is 263 g/mol. The Balaban J connectivity index is 2.29. The van der Waals surface area contributed by atoms with Crippen LogP contribution in [0.3, 0.4) is 0 Å². The number of nitrogens with zero attached hydrogens (tertiary/aromatic N) is 1. The zero-order valence-corrected chi connectivity index (χ0v) is 11.0. The minimum absolute atomic E-state index is 0.000862. The van der Waals surface area contributed by atoms with Gasteiger partial charge in [0, 0.05) is 13.6 Å². The molecule has 102 valence electrons. The van der Waals surface area contributed by atoms with Crippen LogP contribution in [-0.4, -0.2) is 43.5 Å². The molecule has 1 aromatic rings. The van der Waals surface area contributed by atoms with Gasteiger partial charge in [0.2, 0.25) is 5.91 Å². The smallest absolute Gasteiger partial charge is 0.340 e. The van der Waals surface area contributed by atoms with Crippen molar-refractivity contribution in [3.63, 3.8) is 0 Å². The van der Waals surface area contributed by atoms with Crippen LogP contribution in [0, 0.1) is 0 Å². The molecule has 0 spiro atoms. The number of amides is 1. The molecule has 1 amide bonds. The molecule has 1 unspecified atom stereocenters. The molecular formula is C13H17N3O3. The number of esters is 1. The minimum atomic E-state index is -0.478. The fourth-order valence-corrected chi connectivity index (χ4v) is 2.14. The Morgan fingerprint density at radius 2 is 2.26 bits per heavy atom. The highest BCUT2D eigenvalue weighted by molar-refractivity contribution is 6.00. The first-order chi connectivity index (χ1) is 9.04. The van der Waals surface area contributed by atoms with Crippen LogP contribution in [0.15, 0.2) is 18.2 Å². The number of hydrogen-bond acceptors (Lipinski definition) is 5. The van der Waals surface area contributed by atoms with Gasteiger partial charge in [0.25, 0.3) is 0 Å². The maximum Gasteiger partial charge on any atom is 0.340 e. The Morgan fingerprint density at radius 3 is 2.84 bits per heavy atom. The van der Waals surface area contributed by atoms with E-state index in [1.807, 2.05) is 0 Å². The molecule has 0 bridgehead atoms. The Bertz CT molecular complexity index is 516. The molecule has 0 aromatic heterocycles. The molecule has 1 aliphatic heterocycles. The first-order valence-corrected chi connectivity index (χ1v) is 6.03. The van der Waals surface area contributed by atoms with E-state index in [0.29, 0.717) is 29.9 Å². The number of nitrogens with two attached hydrogens (primary N) is 1. The van der Waals surface area contributed by atoms with Crippen LogP contribution < -0.4 is 11.1 Å². The molecule has 1 atom stereocenters. The first-order valence-electron chi connectivity index (χ1n) is 6.03. The maximum atomic E-state index is 11.9. The number of methoxy groups -OCH3 is 1. The van der Waals surface area contributed by atoms with Gasteiger partial charge in [-0.05, 0) is 18.6 Å². The molecule has 1 heterocycles. The van der Waals surface area contributed by atoms with Crippen molar-refractivity contribution in [2.45, 2.75) is 12.5 Å². The molecule has 1 fully saturated rings. The zero-order chi connectivity index (χ0) is 14.0. The summed E-state index contributed by atoms with van der Waals surface area (Å²) in [4.78, 5) is 25.2. The molecule has 1 aliphatic rings. The van der Waals surface area contributed by atoms with E-state index in [2.05, 4.69) is 5.32 Å². The second-order valence-corrected chi connectivity index (χ2v) is 4.51. The molecule has 0 saturated carbocycles. The van der Waals surface area contributed by atoms with Crippen LogP contribution >= 0.6 is 0 Å². The van der Waals surface area contributed by atoms with E-state index < -0.39 is 5.97 Å². The van der Waals surface area contributed by atoms with E-state index >= 15 is 0 Å². The lowest BCUT2D eigenvalue weighted by atomic mass is 10.1. The third-order valence-electron chi connectivity index (χ3n) is 3.25. The summed E-state index contributed by atoms with van der Waals surface area (Å²) in [5.41, 5.74) is 7.10. The lowest BCUT2D eigenvalue weighted by Gasteiger charge is -2.17. The van der Waals surface area contributed by atoms with E-state index in [1.54, 1.807) is 30.1 Å². The fourth-order valence-electron chi connectivity index (χ4n) is 2.14. The number of hydrogen-bond donors (Lipinski definition) is 2. The van der Waals surface area contributed by atoms with Gasteiger partial charge in [-0.25, -0.2) is 4.79 Å². The minimum Gasteiger partial charge on any atom is -0.465 e. The number of ether oxygens (including phenoxy) is 1. The van der Waals surface area contributed by atoms with Gasteiger partial charge in [0.05, 0.1) is 24.0 Å². The number of carbonyl (C=O) groups is 2. The number of nitrogens with one attached hydrogen (secondary N) is 1. The lowest BCUT2D eigenvalue weighted by Crippen LogP contribution is -2.31. The number of nitrogen functional groups attached to an aromatic ring is 1. The number of para-hydroxylation sites is 1. The van der Waals surface area contributed by atoms with Gasteiger partial charge in [-0.15, -0.1) is 0 Å². The Morgan fingerprint density at radius 1 is 1.53 bits per heavy atom. The van der Waals surface area contributed by atoms with Crippen molar-refractivity contribution in [3.8, 4) is 0 Å². The molecule has 2 rings (SSSR count). The summed E-state index contributed by atoms with van der Waals surface area (Å²) < 4.78 is 4.71. The van der Waals surface area contributed by atoms with E-state index in [-0.39, 0.29) is 11.9 Å². The highest BCUT2D eigenvalue weighted by Gasteiger charge is 2.30. The second kappa shape index (κ2) is 5.17. The number of anilines is 2. The molecule has 19 heavy (non-hydrogen) atoms. The van der Waals surface area contributed by atoms with Gasteiger partial charge in [-0.2, -0.15) is 0 Å². The van der Waals surface area contributed by atoms with E-state index in [4.69, 9.17) is 10.5 Å². The van der Waals surface area contributed by atoms with E-state index in [1.165, 1.54) is 7.11 Å². The topological polar surface area (TPSA) is 84.7 Å². The molecule has 3 N–H and O–H groups in total. The Labute approximate surface area is 111 Å².